The predicted molar refractivity (Wildman–Crippen MR) is 111 cm³/mol. The van der Waals surface area contributed by atoms with Crippen LogP contribution in [0.3, 0.4) is 0 Å². The van der Waals surface area contributed by atoms with Gasteiger partial charge in [-0.25, -0.2) is 4.98 Å². The van der Waals surface area contributed by atoms with E-state index >= 15 is 0 Å². The van der Waals surface area contributed by atoms with E-state index in [2.05, 4.69) is 29.5 Å². The maximum absolute atomic E-state index is 13.0. The molecule has 0 bridgehead atoms. The van der Waals surface area contributed by atoms with Gasteiger partial charge in [-0.3, -0.25) is 9.59 Å². The van der Waals surface area contributed by atoms with Crippen LogP contribution in [0.15, 0.2) is 16.2 Å². The van der Waals surface area contributed by atoms with Crippen LogP contribution >= 0.6 is 11.3 Å². The number of aryl methyl sites for hydroxylation is 2. The molecule has 1 N–H and O–H groups in total. The van der Waals surface area contributed by atoms with E-state index in [1.807, 2.05) is 19.9 Å². The minimum absolute atomic E-state index is 0.0510. The fourth-order valence-electron chi connectivity index (χ4n) is 3.50. The first-order valence-electron chi connectivity index (χ1n) is 9.92. The van der Waals surface area contributed by atoms with Gasteiger partial charge in [-0.05, 0) is 44.2 Å². The summed E-state index contributed by atoms with van der Waals surface area (Å²) in [4.78, 5) is 30.3. The van der Waals surface area contributed by atoms with Gasteiger partial charge in [0.1, 0.15) is 5.56 Å². The van der Waals surface area contributed by atoms with Crippen molar-refractivity contribution in [2.75, 3.05) is 13.2 Å². The number of carbonyl (C=O) groups is 1. The van der Waals surface area contributed by atoms with Crippen LogP contribution in [-0.2, 0) is 17.7 Å². The van der Waals surface area contributed by atoms with Crippen molar-refractivity contribution in [3.8, 4) is 0 Å². The molecule has 1 amide bonds. The highest BCUT2D eigenvalue weighted by molar-refractivity contribution is 7.09. The van der Waals surface area contributed by atoms with Crippen molar-refractivity contribution in [2.45, 2.75) is 65.5 Å². The van der Waals surface area contributed by atoms with Crippen molar-refractivity contribution in [2.24, 2.45) is 0 Å². The van der Waals surface area contributed by atoms with E-state index in [4.69, 9.17) is 4.74 Å². The Morgan fingerprint density at radius 2 is 2.21 bits per heavy atom. The smallest absolute Gasteiger partial charge is 0.263 e. The van der Waals surface area contributed by atoms with Crippen LogP contribution < -0.4 is 10.9 Å². The highest BCUT2D eigenvalue weighted by Gasteiger charge is 2.21. The number of ether oxygens (including phenoxy) is 1. The Morgan fingerprint density at radius 3 is 2.86 bits per heavy atom. The number of amides is 1. The monoisotopic (exact) mass is 403 g/mol. The fraction of sp³-hybridized carbons (Fsp3) is 0.571. The average molecular weight is 404 g/mol. The van der Waals surface area contributed by atoms with Crippen molar-refractivity contribution in [3.05, 3.63) is 49.3 Å². The summed E-state index contributed by atoms with van der Waals surface area (Å²) < 4.78 is 7.34. The van der Waals surface area contributed by atoms with Crippen molar-refractivity contribution in [3.63, 3.8) is 0 Å². The van der Waals surface area contributed by atoms with Gasteiger partial charge in [-0.15, -0.1) is 11.3 Å². The van der Waals surface area contributed by atoms with Crippen LogP contribution in [0.4, 0.5) is 0 Å². The molecule has 7 heteroatoms. The summed E-state index contributed by atoms with van der Waals surface area (Å²) in [5, 5.41) is 5.96. The minimum Gasteiger partial charge on any atom is -0.376 e. The molecule has 1 saturated heterocycles. The third-order valence-corrected chi connectivity index (χ3v) is 6.05. The third kappa shape index (κ3) is 4.70. The standard InChI is InChI=1S/C21H29N3O3S/c1-13(2)17-12-28-18(23-17)7-8-22-20(25)19-14(3)10-15(4)24(21(19)26)11-16-6-5-9-27-16/h10,12-13,16H,5-9,11H2,1-4H3,(H,22,25)/t16-/m1/s1. The molecular formula is C21H29N3O3S. The molecule has 1 fully saturated rings. The lowest BCUT2D eigenvalue weighted by atomic mass is 10.1. The Kier molecular flexibility index (Phi) is 6.67. The molecule has 152 valence electrons. The first kappa shape index (κ1) is 20.7. The lowest BCUT2D eigenvalue weighted by Gasteiger charge is -2.17. The molecule has 28 heavy (non-hydrogen) atoms. The van der Waals surface area contributed by atoms with Crippen molar-refractivity contribution in [1.82, 2.24) is 14.9 Å². The SMILES string of the molecule is Cc1cc(C)n(C[C@H]2CCCO2)c(=O)c1C(=O)NCCc1nc(C(C)C)cs1. The highest BCUT2D eigenvalue weighted by Crippen LogP contribution is 2.18. The summed E-state index contributed by atoms with van der Waals surface area (Å²) >= 11 is 1.61. The summed E-state index contributed by atoms with van der Waals surface area (Å²) in [6.07, 6.45) is 2.69. The topological polar surface area (TPSA) is 73.2 Å². The predicted octanol–water partition coefficient (Wildman–Crippen LogP) is 3.20. The first-order chi connectivity index (χ1) is 13.4. The number of rotatable bonds is 7. The summed E-state index contributed by atoms with van der Waals surface area (Å²) in [5.74, 6) is 0.0846. The molecule has 1 atom stereocenters. The van der Waals surface area contributed by atoms with Gasteiger partial charge < -0.3 is 14.6 Å². The molecule has 1 aliphatic rings. The molecular weight excluding hydrogens is 374 g/mol. The van der Waals surface area contributed by atoms with E-state index in [1.165, 1.54) is 0 Å². The molecule has 2 aromatic heterocycles. The van der Waals surface area contributed by atoms with E-state index in [9.17, 15) is 9.59 Å². The van der Waals surface area contributed by atoms with Crippen molar-refractivity contribution in [1.29, 1.82) is 0 Å². The second kappa shape index (κ2) is 9.01. The van der Waals surface area contributed by atoms with E-state index in [0.717, 1.165) is 35.8 Å². The number of hydrogen-bond donors (Lipinski definition) is 1. The van der Waals surface area contributed by atoms with Crippen LogP contribution in [0.5, 0.6) is 0 Å². The molecule has 0 saturated carbocycles. The van der Waals surface area contributed by atoms with Gasteiger partial charge in [0, 0.05) is 30.6 Å². The molecule has 0 aromatic carbocycles. The van der Waals surface area contributed by atoms with Gasteiger partial charge in [-0.1, -0.05) is 13.8 Å². The van der Waals surface area contributed by atoms with Gasteiger partial charge in [0.15, 0.2) is 0 Å². The Bertz CT molecular complexity index is 895. The Morgan fingerprint density at radius 1 is 1.43 bits per heavy atom. The second-order valence-electron chi connectivity index (χ2n) is 7.72. The third-order valence-electron chi connectivity index (χ3n) is 5.13. The Balaban J connectivity index is 1.68. The highest BCUT2D eigenvalue weighted by atomic mass is 32.1. The van der Waals surface area contributed by atoms with E-state index in [-0.39, 0.29) is 23.1 Å². The fourth-order valence-corrected chi connectivity index (χ4v) is 4.46. The first-order valence-corrected chi connectivity index (χ1v) is 10.8. The summed E-state index contributed by atoms with van der Waals surface area (Å²) in [5.41, 5.74) is 2.64. The number of thiazole rings is 1. The zero-order valence-electron chi connectivity index (χ0n) is 17.1. The lowest BCUT2D eigenvalue weighted by Crippen LogP contribution is -2.37. The maximum Gasteiger partial charge on any atom is 0.263 e. The molecule has 0 unspecified atom stereocenters. The molecule has 0 spiro atoms. The normalized spacial score (nSPS) is 16.7. The Hall–Kier alpha value is -1.99. The minimum atomic E-state index is -0.316. The van der Waals surface area contributed by atoms with Crippen molar-refractivity contribution >= 4 is 17.2 Å². The van der Waals surface area contributed by atoms with E-state index in [1.54, 1.807) is 15.9 Å². The van der Waals surface area contributed by atoms with Gasteiger partial charge in [-0.2, -0.15) is 0 Å². The average Bonchev–Trinajstić information content (AvgIpc) is 3.30. The van der Waals surface area contributed by atoms with Gasteiger partial charge in [0.2, 0.25) is 0 Å². The van der Waals surface area contributed by atoms with Gasteiger partial charge in [0.05, 0.1) is 23.4 Å². The molecule has 3 rings (SSSR count). The van der Waals surface area contributed by atoms with Crippen LogP contribution in [0.1, 0.15) is 64.9 Å². The number of nitrogens with zero attached hydrogens (tertiary/aromatic N) is 2. The van der Waals surface area contributed by atoms with Crippen LogP contribution in [0.25, 0.3) is 0 Å². The summed E-state index contributed by atoms with van der Waals surface area (Å²) in [6.45, 7) is 9.65. The number of carbonyl (C=O) groups excluding carboxylic acids is 1. The molecule has 0 radical (unpaired) electrons. The van der Waals surface area contributed by atoms with Crippen LogP contribution in [0.2, 0.25) is 0 Å². The number of nitrogens with one attached hydrogen (secondary N) is 1. The summed E-state index contributed by atoms with van der Waals surface area (Å²) in [7, 11) is 0. The van der Waals surface area contributed by atoms with Crippen LogP contribution in [0, 0.1) is 13.8 Å². The number of pyridine rings is 1. The molecule has 0 aliphatic carbocycles. The largest absolute Gasteiger partial charge is 0.376 e. The second-order valence-corrected chi connectivity index (χ2v) is 8.66. The van der Waals surface area contributed by atoms with Gasteiger partial charge >= 0.3 is 0 Å². The molecule has 6 nitrogen and oxygen atoms in total. The zero-order chi connectivity index (χ0) is 20.3. The Labute approximate surface area is 170 Å². The van der Waals surface area contributed by atoms with Gasteiger partial charge in [0.25, 0.3) is 11.5 Å². The zero-order valence-corrected chi connectivity index (χ0v) is 17.9. The van der Waals surface area contributed by atoms with E-state index in [0.29, 0.717) is 31.0 Å². The molecule has 2 aromatic rings. The number of hydrogen-bond acceptors (Lipinski definition) is 5. The number of aromatic nitrogens is 2. The van der Waals surface area contributed by atoms with Crippen molar-refractivity contribution < 1.29 is 9.53 Å². The molecule has 3 heterocycles. The molecule has 1 aliphatic heterocycles. The lowest BCUT2D eigenvalue weighted by molar-refractivity contribution is 0.0927. The quantitative estimate of drug-likeness (QED) is 0.771. The maximum atomic E-state index is 13.0. The summed E-state index contributed by atoms with van der Waals surface area (Å²) in [6, 6.07) is 1.90. The van der Waals surface area contributed by atoms with Crippen LogP contribution in [-0.4, -0.2) is 34.7 Å². The van der Waals surface area contributed by atoms with E-state index < -0.39 is 0 Å².